The van der Waals surface area contributed by atoms with Crippen molar-refractivity contribution in [3.63, 3.8) is 0 Å². The zero-order valence-corrected chi connectivity index (χ0v) is 19.2. The van der Waals surface area contributed by atoms with Crippen LogP contribution in [0.4, 0.5) is 11.4 Å². The molecule has 2 amide bonds. The average molecular weight is 448 g/mol. The molecule has 2 rings (SSSR count). The van der Waals surface area contributed by atoms with Gasteiger partial charge in [-0.2, -0.15) is 0 Å². The van der Waals surface area contributed by atoms with E-state index < -0.39 is 22.0 Å². The second-order valence-electron chi connectivity index (χ2n) is 7.25. The predicted octanol–water partition coefficient (Wildman–Crippen LogP) is 3.02. The zero-order chi connectivity index (χ0) is 23.2. The number of rotatable bonds is 9. The van der Waals surface area contributed by atoms with Crippen LogP contribution in [-0.2, 0) is 14.8 Å². The summed E-state index contributed by atoms with van der Waals surface area (Å²) < 4.78 is 31.2. The van der Waals surface area contributed by atoms with Crippen LogP contribution < -0.4 is 19.7 Å². The van der Waals surface area contributed by atoms with Gasteiger partial charge in [0.1, 0.15) is 11.8 Å². The lowest BCUT2D eigenvalue weighted by Gasteiger charge is -2.28. The fraction of sp³-hybridized carbons (Fsp3) is 0.364. The maximum absolute atomic E-state index is 13.0. The van der Waals surface area contributed by atoms with E-state index in [-0.39, 0.29) is 11.9 Å². The largest absolute Gasteiger partial charge is 0.497 e. The van der Waals surface area contributed by atoms with E-state index in [0.717, 1.165) is 17.0 Å². The predicted molar refractivity (Wildman–Crippen MR) is 122 cm³/mol. The van der Waals surface area contributed by atoms with E-state index in [1.807, 2.05) is 13.8 Å². The number of ether oxygens (including phenoxy) is 1. The van der Waals surface area contributed by atoms with Crippen molar-refractivity contribution in [2.75, 3.05) is 23.0 Å². The number of amides is 2. The smallest absolute Gasteiger partial charge is 0.253 e. The number of hydrogen-bond acceptors (Lipinski definition) is 5. The quantitative estimate of drug-likeness (QED) is 0.615. The second kappa shape index (κ2) is 10.3. The number of benzene rings is 2. The van der Waals surface area contributed by atoms with Gasteiger partial charge in [0.15, 0.2) is 0 Å². The Morgan fingerprint density at radius 2 is 1.77 bits per heavy atom. The van der Waals surface area contributed by atoms with Gasteiger partial charge in [-0.05, 0) is 44.5 Å². The minimum atomic E-state index is -3.79. The van der Waals surface area contributed by atoms with Crippen LogP contribution in [0.15, 0.2) is 48.5 Å². The molecule has 2 aromatic rings. The van der Waals surface area contributed by atoms with Crippen LogP contribution in [0.2, 0.25) is 0 Å². The highest BCUT2D eigenvalue weighted by molar-refractivity contribution is 7.92. The van der Waals surface area contributed by atoms with Crippen molar-refractivity contribution in [2.45, 2.75) is 39.3 Å². The highest BCUT2D eigenvalue weighted by Crippen LogP contribution is 2.26. The molecule has 31 heavy (non-hydrogen) atoms. The van der Waals surface area contributed by atoms with Gasteiger partial charge in [0.2, 0.25) is 15.9 Å². The third kappa shape index (κ3) is 6.21. The van der Waals surface area contributed by atoms with Gasteiger partial charge < -0.3 is 15.4 Å². The van der Waals surface area contributed by atoms with Crippen molar-refractivity contribution in [3.8, 4) is 5.75 Å². The summed E-state index contributed by atoms with van der Waals surface area (Å²) in [5.74, 6) is -0.423. The molecule has 2 aromatic carbocycles. The number of hydrogen-bond donors (Lipinski definition) is 2. The van der Waals surface area contributed by atoms with Crippen LogP contribution in [0, 0.1) is 0 Å². The number of nitrogens with zero attached hydrogens (tertiary/aromatic N) is 1. The third-order valence-electron chi connectivity index (χ3n) is 4.82. The highest BCUT2D eigenvalue weighted by atomic mass is 32.2. The molecular formula is C22H29N3O5S. The Morgan fingerprint density at radius 1 is 1.10 bits per heavy atom. The molecule has 0 fully saturated rings. The van der Waals surface area contributed by atoms with Gasteiger partial charge in [0, 0.05) is 12.1 Å². The summed E-state index contributed by atoms with van der Waals surface area (Å²) in [7, 11) is -2.31. The Labute approximate surface area is 183 Å². The van der Waals surface area contributed by atoms with Gasteiger partial charge in [0.25, 0.3) is 5.91 Å². The van der Waals surface area contributed by atoms with Crippen molar-refractivity contribution in [1.29, 1.82) is 0 Å². The average Bonchev–Trinajstić information content (AvgIpc) is 2.73. The number of para-hydroxylation sites is 1. The molecule has 0 radical (unpaired) electrons. The number of carbonyl (C=O) groups excluding carboxylic acids is 2. The van der Waals surface area contributed by atoms with Gasteiger partial charge in [-0.15, -0.1) is 0 Å². The summed E-state index contributed by atoms with van der Waals surface area (Å²) in [5.41, 5.74) is 0.905. The van der Waals surface area contributed by atoms with E-state index >= 15 is 0 Å². The highest BCUT2D eigenvalue weighted by Gasteiger charge is 2.30. The fourth-order valence-corrected chi connectivity index (χ4v) is 4.15. The summed E-state index contributed by atoms with van der Waals surface area (Å²) >= 11 is 0. The summed E-state index contributed by atoms with van der Waals surface area (Å²) in [6.07, 6.45) is 1.80. The van der Waals surface area contributed by atoms with Crippen molar-refractivity contribution >= 4 is 33.2 Å². The summed E-state index contributed by atoms with van der Waals surface area (Å²) in [4.78, 5) is 25.6. The van der Waals surface area contributed by atoms with E-state index in [9.17, 15) is 18.0 Å². The molecular weight excluding hydrogens is 418 g/mol. The molecule has 0 bridgehead atoms. The summed E-state index contributed by atoms with van der Waals surface area (Å²) in [6, 6.07) is 11.9. The molecule has 0 heterocycles. The topological polar surface area (TPSA) is 105 Å². The standard InChI is InChI=1S/C22H29N3O5S/c1-6-15(2)23-22(27)19-12-7-8-13-20(19)24-21(26)16(3)25(31(5,28)29)17-10-9-11-18(14-17)30-4/h7-16H,6H2,1-5H3,(H,23,27)(H,24,26). The monoisotopic (exact) mass is 447 g/mol. The van der Waals surface area contributed by atoms with Gasteiger partial charge in [0.05, 0.1) is 30.3 Å². The Balaban J connectivity index is 2.32. The van der Waals surface area contributed by atoms with Crippen LogP contribution in [-0.4, -0.2) is 45.7 Å². The molecule has 9 heteroatoms. The molecule has 2 unspecified atom stereocenters. The maximum Gasteiger partial charge on any atom is 0.253 e. The van der Waals surface area contributed by atoms with E-state index in [0.29, 0.717) is 22.7 Å². The number of carbonyl (C=O) groups is 2. The first-order chi connectivity index (χ1) is 14.6. The molecule has 2 N–H and O–H groups in total. The Kier molecular flexibility index (Phi) is 8.04. The molecule has 0 saturated heterocycles. The first-order valence-electron chi connectivity index (χ1n) is 9.92. The minimum absolute atomic E-state index is 0.0241. The number of nitrogens with one attached hydrogen (secondary N) is 2. The minimum Gasteiger partial charge on any atom is -0.497 e. The molecule has 0 aliphatic heterocycles. The number of sulfonamides is 1. The molecule has 0 aliphatic carbocycles. The Bertz CT molecular complexity index is 1040. The maximum atomic E-state index is 13.0. The third-order valence-corrected chi connectivity index (χ3v) is 6.06. The van der Waals surface area contributed by atoms with Crippen LogP contribution >= 0.6 is 0 Å². The molecule has 0 spiro atoms. The van der Waals surface area contributed by atoms with Crippen molar-refractivity contribution in [3.05, 3.63) is 54.1 Å². The zero-order valence-electron chi connectivity index (χ0n) is 18.4. The number of anilines is 2. The SMILES string of the molecule is CCC(C)NC(=O)c1ccccc1NC(=O)C(C)N(c1cccc(OC)c1)S(C)(=O)=O. The van der Waals surface area contributed by atoms with E-state index in [1.165, 1.54) is 14.0 Å². The van der Waals surface area contributed by atoms with E-state index in [4.69, 9.17) is 4.74 Å². The van der Waals surface area contributed by atoms with E-state index in [2.05, 4.69) is 10.6 Å². The Hall–Kier alpha value is -3.07. The summed E-state index contributed by atoms with van der Waals surface area (Å²) in [5, 5.41) is 5.56. The van der Waals surface area contributed by atoms with Gasteiger partial charge in [-0.3, -0.25) is 13.9 Å². The summed E-state index contributed by atoms with van der Waals surface area (Å²) in [6.45, 7) is 5.33. The molecule has 0 aliphatic rings. The van der Waals surface area contributed by atoms with Gasteiger partial charge >= 0.3 is 0 Å². The number of methoxy groups -OCH3 is 1. The van der Waals surface area contributed by atoms with Crippen LogP contribution in [0.25, 0.3) is 0 Å². The first kappa shape index (κ1) is 24.2. The first-order valence-corrected chi connectivity index (χ1v) is 11.8. The second-order valence-corrected chi connectivity index (χ2v) is 9.11. The normalized spacial score (nSPS) is 13.1. The lowest BCUT2D eigenvalue weighted by molar-refractivity contribution is -0.116. The lowest BCUT2D eigenvalue weighted by Crippen LogP contribution is -2.45. The molecule has 8 nitrogen and oxygen atoms in total. The van der Waals surface area contributed by atoms with Crippen LogP contribution in [0.5, 0.6) is 5.75 Å². The fourth-order valence-electron chi connectivity index (χ4n) is 2.99. The van der Waals surface area contributed by atoms with Gasteiger partial charge in [-0.1, -0.05) is 25.1 Å². The molecule has 0 aromatic heterocycles. The Morgan fingerprint density at radius 3 is 2.39 bits per heavy atom. The van der Waals surface area contributed by atoms with Crippen LogP contribution in [0.3, 0.4) is 0 Å². The van der Waals surface area contributed by atoms with Crippen LogP contribution in [0.1, 0.15) is 37.6 Å². The molecule has 168 valence electrons. The van der Waals surface area contributed by atoms with E-state index in [1.54, 1.807) is 48.5 Å². The van der Waals surface area contributed by atoms with Crippen molar-refractivity contribution in [1.82, 2.24) is 5.32 Å². The molecule has 2 atom stereocenters. The van der Waals surface area contributed by atoms with Crippen molar-refractivity contribution < 1.29 is 22.7 Å². The lowest BCUT2D eigenvalue weighted by atomic mass is 10.1. The molecule has 0 saturated carbocycles. The van der Waals surface area contributed by atoms with Crippen molar-refractivity contribution in [2.24, 2.45) is 0 Å². The van der Waals surface area contributed by atoms with Gasteiger partial charge in [-0.25, -0.2) is 8.42 Å².